The van der Waals surface area contributed by atoms with Crippen molar-refractivity contribution in [3.63, 3.8) is 0 Å². The number of anilines is 1. The lowest BCUT2D eigenvalue weighted by Gasteiger charge is -2.27. The predicted octanol–water partition coefficient (Wildman–Crippen LogP) is 5.35. The molecule has 0 fully saturated rings. The van der Waals surface area contributed by atoms with E-state index < -0.39 is 5.51 Å². The van der Waals surface area contributed by atoms with Crippen LogP contribution in [0.15, 0.2) is 59.5 Å². The first-order valence-electron chi connectivity index (χ1n) is 7.02. The van der Waals surface area contributed by atoms with Crippen LogP contribution in [0, 0.1) is 0 Å². The number of halogens is 3. The van der Waals surface area contributed by atoms with Gasteiger partial charge in [0.2, 0.25) is 0 Å². The summed E-state index contributed by atoms with van der Waals surface area (Å²) >= 11 is -0.193. The lowest BCUT2D eigenvalue weighted by molar-refractivity contribution is -0.0328. The van der Waals surface area contributed by atoms with E-state index in [9.17, 15) is 18.0 Å². The summed E-state index contributed by atoms with van der Waals surface area (Å²) in [5, 5.41) is 0. The Morgan fingerprint density at radius 1 is 1.00 bits per heavy atom. The third-order valence-corrected chi connectivity index (χ3v) is 3.84. The largest absolute Gasteiger partial charge is 0.446 e. The number of nitrogens with zero attached hydrogens (tertiary/aromatic N) is 1. The van der Waals surface area contributed by atoms with Crippen molar-refractivity contribution in [2.75, 3.05) is 4.90 Å². The summed E-state index contributed by atoms with van der Waals surface area (Å²) in [5.74, 6) is -0.241. The fourth-order valence-electron chi connectivity index (χ4n) is 2.18. The molecular formula is C17H16F3NOS. The van der Waals surface area contributed by atoms with Gasteiger partial charge in [-0.05, 0) is 62.0 Å². The second-order valence-electron chi connectivity index (χ2n) is 5.18. The molecule has 2 rings (SSSR count). The van der Waals surface area contributed by atoms with Gasteiger partial charge in [-0.25, -0.2) is 0 Å². The smallest absolute Gasteiger partial charge is 0.306 e. The third-order valence-electron chi connectivity index (χ3n) is 3.10. The number of thioether (sulfide) groups is 1. The highest BCUT2D eigenvalue weighted by Gasteiger charge is 2.29. The maximum absolute atomic E-state index is 12.7. The van der Waals surface area contributed by atoms with Gasteiger partial charge < -0.3 is 4.90 Å². The summed E-state index contributed by atoms with van der Waals surface area (Å²) in [6, 6.07) is 14.6. The number of hydrogen-bond acceptors (Lipinski definition) is 2. The molecule has 2 nitrogen and oxygen atoms in total. The Morgan fingerprint density at radius 2 is 1.57 bits per heavy atom. The van der Waals surface area contributed by atoms with Crippen LogP contribution in [0.4, 0.5) is 18.9 Å². The molecule has 0 spiro atoms. The highest BCUT2D eigenvalue weighted by Crippen LogP contribution is 2.36. The molecule has 1 amide bonds. The van der Waals surface area contributed by atoms with E-state index in [0.29, 0.717) is 5.56 Å². The van der Waals surface area contributed by atoms with Crippen molar-refractivity contribution in [3.8, 4) is 0 Å². The van der Waals surface area contributed by atoms with E-state index in [4.69, 9.17) is 0 Å². The van der Waals surface area contributed by atoms with Crippen LogP contribution in [0.2, 0.25) is 0 Å². The van der Waals surface area contributed by atoms with Crippen molar-refractivity contribution in [1.29, 1.82) is 0 Å². The minimum atomic E-state index is -4.33. The molecule has 0 saturated heterocycles. The van der Waals surface area contributed by atoms with Crippen molar-refractivity contribution >= 4 is 23.4 Å². The molecule has 0 heterocycles. The van der Waals surface area contributed by atoms with Gasteiger partial charge in [0.1, 0.15) is 0 Å². The monoisotopic (exact) mass is 339 g/mol. The number of para-hydroxylation sites is 1. The highest BCUT2D eigenvalue weighted by molar-refractivity contribution is 8.00. The standard InChI is InChI=1S/C17H16F3NOS/c1-12(2)21(14-6-4-3-5-7-14)16(22)13-8-10-15(11-9-13)23-17(18,19)20/h3-12H,1-2H3. The van der Waals surface area contributed by atoms with Crippen molar-refractivity contribution in [3.05, 3.63) is 60.2 Å². The van der Waals surface area contributed by atoms with Gasteiger partial charge in [-0.3, -0.25) is 4.79 Å². The summed E-state index contributed by atoms with van der Waals surface area (Å²) in [7, 11) is 0. The molecule has 0 unspecified atom stereocenters. The SMILES string of the molecule is CC(C)N(C(=O)c1ccc(SC(F)(F)F)cc1)c1ccccc1. The van der Waals surface area contributed by atoms with E-state index in [1.807, 2.05) is 44.2 Å². The zero-order valence-corrected chi connectivity index (χ0v) is 13.5. The van der Waals surface area contributed by atoms with Crippen LogP contribution in [0.1, 0.15) is 24.2 Å². The summed E-state index contributed by atoms with van der Waals surface area (Å²) < 4.78 is 37.0. The van der Waals surface area contributed by atoms with Crippen LogP contribution >= 0.6 is 11.8 Å². The number of benzene rings is 2. The molecular weight excluding hydrogens is 323 g/mol. The molecule has 0 bridgehead atoms. The van der Waals surface area contributed by atoms with Gasteiger partial charge in [-0.1, -0.05) is 18.2 Å². The summed E-state index contributed by atoms with van der Waals surface area (Å²) in [4.78, 5) is 14.4. The molecule has 0 N–H and O–H groups in total. The van der Waals surface area contributed by atoms with Gasteiger partial charge in [0.15, 0.2) is 0 Å². The lowest BCUT2D eigenvalue weighted by atomic mass is 10.1. The molecule has 0 aliphatic heterocycles. The van der Waals surface area contributed by atoms with Gasteiger partial charge in [0, 0.05) is 22.2 Å². The average molecular weight is 339 g/mol. The molecule has 0 atom stereocenters. The van der Waals surface area contributed by atoms with E-state index in [1.165, 1.54) is 24.3 Å². The van der Waals surface area contributed by atoms with Crippen LogP contribution in [0.5, 0.6) is 0 Å². The molecule has 23 heavy (non-hydrogen) atoms. The van der Waals surface area contributed by atoms with Crippen LogP contribution in [0.25, 0.3) is 0 Å². The topological polar surface area (TPSA) is 20.3 Å². The quantitative estimate of drug-likeness (QED) is 0.700. The Kier molecular flexibility index (Phi) is 5.36. The Morgan fingerprint density at radius 3 is 2.04 bits per heavy atom. The Labute approximate surface area is 137 Å². The second-order valence-corrected chi connectivity index (χ2v) is 6.32. The minimum absolute atomic E-state index is 0.0601. The number of amides is 1. The Bertz CT molecular complexity index is 654. The highest BCUT2D eigenvalue weighted by atomic mass is 32.2. The van der Waals surface area contributed by atoms with E-state index >= 15 is 0 Å². The molecule has 0 aliphatic carbocycles. The molecule has 0 saturated carbocycles. The molecule has 2 aromatic carbocycles. The molecule has 6 heteroatoms. The first-order chi connectivity index (χ1) is 10.8. The van der Waals surface area contributed by atoms with E-state index in [2.05, 4.69) is 0 Å². The van der Waals surface area contributed by atoms with Crippen molar-refractivity contribution in [2.24, 2.45) is 0 Å². The fraction of sp³-hybridized carbons (Fsp3) is 0.235. The predicted molar refractivity (Wildman–Crippen MR) is 86.7 cm³/mol. The molecule has 0 aliphatic rings. The van der Waals surface area contributed by atoms with Crippen LogP contribution in [-0.2, 0) is 0 Å². The maximum Gasteiger partial charge on any atom is 0.446 e. The summed E-state index contributed by atoms with van der Waals surface area (Å²) in [6.45, 7) is 3.78. The van der Waals surface area contributed by atoms with E-state index in [1.54, 1.807) is 4.90 Å². The second kappa shape index (κ2) is 7.08. The molecule has 0 radical (unpaired) electrons. The lowest BCUT2D eigenvalue weighted by Crippen LogP contribution is -2.37. The van der Waals surface area contributed by atoms with Gasteiger partial charge in [0.25, 0.3) is 5.91 Å². The number of alkyl halides is 3. The number of carbonyl (C=O) groups is 1. The van der Waals surface area contributed by atoms with Crippen LogP contribution in [0.3, 0.4) is 0 Å². The van der Waals surface area contributed by atoms with Gasteiger partial charge in [-0.15, -0.1) is 0 Å². The number of carbonyl (C=O) groups excluding carboxylic acids is 1. The summed E-state index contributed by atoms with van der Waals surface area (Å²) in [5.41, 5.74) is -3.23. The molecule has 0 aromatic heterocycles. The average Bonchev–Trinajstić information content (AvgIpc) is 2.47. The zero-order valence-electron chi connectivity index (χ0n) is 12.7. The van der Waals surface area contributed by atoms with Crippen molar-refractivity contribution < 1.29 is 18.0 Å². The molecule has 122 valence electrons. The zero-order chi connectivity index (χ0) is 17.0. The van der Waals surface area contributed by atoms with Crippen LogP contribution < -0.4 is 4.90 Å². The Hall–Kier alpha value is -1.95. The fourth-order valence-corrected chi connectivity index (χ4v) is 2.72. The van der Waals surface area contributed by atoms with E-state index in [-0.39, 0.29) is 28.6 Å². The van der Waals surface area contributed by atoms with Gasteiger partial charge in [-0.2, -0.15) is 13.2 Å². The minimum Gasteiger partial charge on any atom is -0.306 e. The van der Waals surface area contributed by atoms with Crippen molar-refractivity contribution in [2.45, 2.75) is 30.3 Å². The molecule has 2 aromatic rings. The summed E-state index contributed by atoms with van der Waals surface area (Å²) in [6.07, 6.45) is 0. The normalized spacial score (nSPS) is 11.6. The first kappa shape index (κ1) is 17.4. The van der Waals surface area contributed by atoms with Gasteiger partial charge in [0.05, 0.1) is 0 Å². The first-order valence-corrected chi connectivity index (χ1v) is 7.84. The number of hydrogen-bond donors (Lipinski definition) is 0. The maximum atomic E-state index is 12.7. The van der Waals surface area contributed by atoms with Crippen molar-refractivity contribution in [1.82, 2.24) is 0 Å². The Balaban J connectivity index is 2.24. The third kappa shape index (κ3) is 4.76. The van der Waals surface area contributed by atoms with E-state index in [0.717, 1.165) is 5.69 Å². The van der Waals surface area contributed by atoms with Crippen LogP contribution in [-0.4, -0.2) is 17.5 Å². The number of rotatable bonds is 4. The van der Waals surface area contributed by atoms with Gasteiger partial charge >= 0.3 is 5.51 Å².